The summed E-state index contributed by atoms with van der Waals surface area (Å²) in [4.78, 5) is 0. The first-order chi connectivity index (χ1) is 7.36. The normalized spacial score (nSPS) is 10.9. The van der Waals surface area contributed by atoms with Crippen LogP contribution in [0.25, 0.3) is 21.9 Å². The molecule has 3 aromatic rings. The number of nitrogens with two attached hydrogens (primary N) is 1. The van der Waals surface area contributed by atoms with E-state index in [2.05, 4.69) is 25.6 Å². The van der Waals surface area contributed by atoms with E-state index in [0.29, 0.717) is 22.2 Å². The lowest BCUT2D eigenvalue weighted by atomic mass is 10.2. The van der Waals surface area contributed by atoms with Gasteiger partial charge in [0.15, 0.2) is 0 Å². The summed E-state index contributed by atoms with van der Waals surface area (Å²) in [5.74, 6) is 0. The lowest BCUT2D eigenvalue weighted by Gasteiger charge is -1.95. The van der Waals surface area contributed by atoms with Gasteiger partial charge in [-0.3, -0.25) is 0 Å². The number of nitrogen functional groups attached to an aromatic ring is 1. The maximum Gasteiger partial charge on any atom is 0.145 e. The smallest absolute Gasteiger partial charge is 0.145 e. The third-order valence-corrected chi connectivity index (χ3v) is 2.18. The standard InChI is InChI=1S/C9H6N6/c10-6-4-5-2-1-3-11-12-7(5)9-8(6)13-15-14-9/h1-4H,10H2. The van der Waals surface area contributed by atoms with Gasteiger partial charge < -0.3 is 5.73 Å². The Morgan fingerprint density at radius 1 is 1.00 bits per heavy atom. The van der Waals surface area contributed by atoms with Crippen LogP contribution in [-0.4, -0.2) is 25.6 Å². The van der Waals surface area contributed by atoms with E-state index in [1.165, 1.54) is 0 Å². The van der Waals surface area contributed by atoms with Gasteiger partial charge in [-0.1, -0.05) is 6.07 Å². The summed E-state index contributed by atoms with van der Waals surface area (Å²) >= 11 is 0. The molecule has 2 heterocycles. The van der Waals surface area contributed by atoms with Crippen molar-refractivity contribution in [2.45, 2.75) is 0 Å². The van der Waals surface area contributed by atoms with E-state index in [0.717, 1.165) is 5.39 Å². The lowest BCUT2D eigenvalue weighted by Crippen LogP contribution is -1.88. The molecular formula is C9H6N6. The Morgan fingerprint density at radius 3 is 2.80 bits per heavy atom. The van der Waals surface area contributed by atoms with Crippen LogP contribution in [0.5, 0.6) is 0 Å². The summed E-state index contributed by atoms with van der Waals surface area (Å²) in [7, 11) is 0. The molecule has 1 aromatic carbocycles. The molecule has 0 saturated heterocycles. The second-order valence-corrected chi connectivity index (χ2v) is 3.11. The van der Waals surface area contributed by atoms with E-state index in [-0.39, 0.29) is 0 Å². The fourth-order valence-electron chi connectivity index (χ4n) is 1.51. The molecule has 0 aliphatic heterocycles. The highest BCUT2D eigenvalue weighted by molar-refractivity contribution is 6.06. The first kappa shape index (κ1) is 7.98. The molecule has 0 atom stereocenters. The molecule has 2 aromatic heterocycles. The average Bonchev–Trinajstić information content (AvgIpc) is 2.60. The Balaban J connectivity index is 2.66. The molecule has 0 unspecified atom stereocenters. The maximum absolute atomic E-state index is 5.82. The SMILES string of the molecule is Nc1cc2cccnnc2c2nnnc12. The average molecular weight is 198 g/mol. The number of hydrogen-bond donors (Lipinski definition) is 1. The van der Waals surface area contributed by atoms with Gasteiger partial charge >= 0.3 is 0 Å². The highest BCUT2D eigenvalue weighted by Gasteiger charge is 2.09. The zero-order chi connectivity index (χ0) is 10.3. The monoisotopic (exact) mass is 198 g/mol. The van der Waals surface area contributed by atoms with Crippen LogP contribution < -0.4 is 5.73 Å². The van der Waals surface area contributed by atoms with Crippen LogP contribution in [0.15, 0.2) is 24.4 Å². The first-order valence-electron chi connectivity index (χ1n) is 4.35. The highest BCUT2D eigenvalue weighted by Crippen LogP contribution is 2.24. The molecule has 0 amide bonds. The summed E-state index contributed by atoms with van der Waals surface area (Å²) in [6.07, 6.45) is 1.60. The molecule has 2 N–H and O–H groups in total. The minimum absolute atomic E-state index is 0.551. The summed E-state index contributed by atoms with van der Waals surface area (Å²) in [6, 6.07) is 5.47. The van der Waals surface area contributed by atoms with E-state index in [1.807, 2.05) is 6.07 Å². The Labute approximate surface area is 84.1 Å². The first-order valence-corrected chi connectivity index (χ1v) is 4.35. The molecule has 0 radical (unpaired) electrons. The van der Waals surface area contributed by atoms with E-state index in [1.54, 1.807) is 18.3 Å². The lowest BCUT2D eigenvalue weighted by molar-refractivity contribution is 0.959. The van der Waals surface area contributed by atoms with Crippen molar-refractivity contribution in [2.24, 2.45) is 0 Å². The maximum atomic E-state index is 5.82. The predicted octanol–water partition coefficient (Wildman–Crippen LogP) is 0.550. The van der Waals surface area contributed by atoms with E-state index in [4.69, 9.17) is 5.73 Å². The summed E-state index contributed by atoms with van der Waals surface area (Å²) < 4.78 is 0. The molecule has 6 heteroatoms. The predicted molar refractivity (Wildman–Crippen MR) is 54.8 cm³/mol. The third kappa shape index (κ3) is 1.08. The van der Waals surface area contributed by atoms with Gasteiger partial charge in [0, 0.05) is 11.6 Å². The molecule has 6 nitrogen and oxygen atoms in total. The van der Waals surface area contributed by atoms with Crippen molar-refractivity contribution in [2.75, 3.05) is 5.73 Å². The second-order valence-electron chi connectivity index (χ2n) is 3.11. The molecule has 0 aliphatic carbocycles. The van der Waals surface area contributed by atoms with Crippen molar-refractivity contribution >= 4 is 27.6 Å². The summed E-state index contributed by atoms with van der Waals surface area (Å²) in [5.41, 5.74) is 8.19. The minimum atomic E-state index is 0.551. The summed E-state index contributed by atoms with van der Waals surface area (Å²) in [6.45, 7) is 0. The largest absolute Gasteiger partial charge is 0.397 e. The van der Waals surface area contributed by atoms with Crippen molar-refractivity contribution in [1.82, 2.24) is 25.6 Å². The van der Waals surface area contributed by atoms with Gasteiger partial charge in [0.05, 0.1) is 5.69 Å². The molecule has 0 bridgehead atoms. The minimum Gasteiger partial charge on any atom is -0.397 e. The molecule has 72 valence electrons. The van der Waals surface area contributed by atoms with Crippen LogP contribution in [0, 0.1) is 0 Å². The molecule has 0 aliphatic rings. The zero-order valence-corrected chi connectivity index (χ0v) is 7.62. The van der Waals surface area contributed by atoms with Crippen molar-refractivity contribution in [3.8, 4) is 0 Å². The van der Waals surface area contributed by atoms with E-state index < -0.39 is 0 Å². The number of benzene rings is 1. The van der Waals surface area contributed by atoms with Gasteiger partial charge in [-0.05, 0) is 17.3 Å². The fourth-order valence-corrected chi connectivity index (χ4v) is 1.51. The van der Waals surface area contributed by atoms with Crippen molar-refractivity contribution in [3.05, 3.63) is 24.4 Å². The Morgan fingerprint density at radius 2 is 1.87 bits per heavy atom. The Kier molecular flexibility index (Phi) is 1.49. The number of anilines is 1. The van der Waals surface area contributed by atoms with Gasteiger partial charge in [0.1, 0.15) is 16.6 Å². The number of fused-ring (bicyclic) bond motifs is 3. The van der Waals surface area contributed by atoms with Crippen LogP contribution >= 0.6 is 0 Å². The van der Waals surface area contributed by atoms with Gasteiger partial charge in [-0.15, -0.1) is 15.3 Å². The third-order valence-electron chi connectivity index (χ3n) is 2.18. The molecular weight excluding hydrogens is 192 g/mol. The molecule has 0 saturated carbocycles. The van der Waals surface area contributed by atoms with Crippen LogP contribution in [-0.2, 0) is 0 Å². The van der Waals surface area contributed by atoms with Crippen molar-refractivity contribution in [1.29, 1.82) is 0 Å². The molecule has 15 heavy (non-hydrogen) atoms. The molecule has 0 spiro atoms. The molecule has 3 rings (SSSR count). The Hall–Kier alpha value is -2.37. The van der Waals surface area contributed by atoms with Crippen LogP contribution in [0.3, 0.4) is 0 Å². The van der Waals surface area contributed by atoms with Gasteiger partial charge in [-0.2, -0.15) is 5.10 Å². The van der Waals surface area contributed by atoms with Crippen LogP contribution in [0.4, 0.5) is 5.69 Å². The van der Waals surface area contributed by atoms with E-state index >= 15 is 0 Å². The highest BCUT2D eigenvalue weighted by atomic mass is 15.3. The second kappa shape index (κ2) is 2.81. The topological polar surface area (TPSA) is 90.5 Å². The zero-order valence-electron chi connectivity index (χ0n) is 7.62. The van der Waals surface area contributed by atoms with Crippen molar-refractivity contribution < 1.29 is 0 Å². The number of aromatic nitrogens is 5. The van der Waals surface area contributed by atoms with Gasteiger partial charge in [-0.25, -0.2) is 0 Å². The number of rotatable bonds is 0. The fraction of sp³-hybridized carbons (Fsp3) is 0. The van der Waals surface area contributed by atoms with Crippen molar-refractivity contribution in [3.63, 3.8) is 0 Å². The Bertz CT molecular complexity index is 650. The molecule has 0 fully saturated rings. The van der Waals surface area contributed by atoms with E-state index in [9.17, 15) is 0 Å². The van der Waals surface area contributed by atoms with Crippen LogP contribution in [0.1, 0.15) is 0 Å². The van der Waals surface area contributed by atoms with Gasteiger partial charge in [0.25, 0.3) is 0 Å². The van der Waals surface area contributed by atoms with Gasteiger partial charge in [0.2, 0.25) is 0 Å². The van der Waals surface area contributed by atoms with Crippen LogP contribution in [0.2, 0.25) is 0 Å². The number of nitrogens with zero attached hydrogens (tertiary/aromatic N) is 5. The quantitative estimate of drug-likeness (QED) is 0.530. The number of hydrogen-bond acceptors (Lipinski definition) is 6. The summed E-state index contributed by atoms with van der Waals surface area (Å²) in [5, 5.41) is 20.1.